The highest BCUT2D eigenvalue weighted by atomic mass is 16.3. The van der Waals surface area contributed by atoms with Gasteiger partial charge in [0.15, 0.2) is 0 Å². The van der Waals surface area contributed by atoms with Crippen molar-refractivity contribution in [2.24, 2.45) is 0 Å². The van der Waals surface area contributed by atoms with Gasteiger partial charge >= 0.3 is 0 Å². The van der Waals surface area contributed by atoms with Gasteiger partial charge in [-0.3, -0.25) is 4.79 Å². The molecule has 4 nitrogen and oxygen atoms in total. The Morgan fingerprint density at radius 2 is 0.719 bits per heavy atom. The Morgan fingerprint density at radius 3 is 1.07 bits per heavy atom. The number of rotatable bonds is 48. The summed E-state index contributed by atoms with van der Waals surface area (Å²) in [7, 11) is 0. The van der Waals surface area contributed by atoms with Crippen molar-refractivity contribution in [3.05, 3.63) is 24.3 Å². The van der Waals surface area contributed by atoms with Crippen LogP contribution in [0.5, 0.6) is 0 Å². The number of aliphatic hydroxyl groups is 2. The summed E-state index contributed by atoms with van der Waals surface area (Å²) in [5, 5.41) is 23.3. The second kappa shape index (κ2) is 49.2. The summed E-state index contributed by atoms with van der Waals surface area (Å²) in [6.07, 6.45) is 64.4. The van der Waals surface area contributed by atoms with E-state index < -0.39 is 12.1 Å². The van der Waals surface area contributed by atoms with E-state index in [-0.39, 0.29) is 12.5 Å². The molecule has 1 amide bonds. The Bertz CT molecular complexity index is 825. The maximum Gasteiger partial charge on any atom is 0.220 e. The molecule has 0 heterocycles. The highest BCUT2D eigenvalue weighted by molar-refractivity contribution is 5.76. The van der Waals surface area contributed by atoms with E-state index in [4.69, 9.17) is 0 Å². The lowest BCUT2D eigenvalue weighted by atomic mass is 10.0. The van der Waals surface area contributed by atoms with Crippen molar-refractivity contribution in [2.75, 3.05) is 6.61 Å². The van der Waals surface area contributed by atoms with E-state index >= 15 is 0 Å². The first kappa shape index (κ1) is 55.9. The van der Waals surface area contributed by atoms with Crippen LogP contribution in [0.15, 0.2) is 24.3 Å². The predicted molar refractivity (Wildman–Crippen MR) is 253 cm³/mol. The highest BCUT2D eigenvalue weighted by Crippen LogP contribution is 2.17. The first-order valence-electron chi connectivity index (χ1n) is 26.0. The monoisotopic (exact) mass is 802 g/mol. The first-order chi connectivity index (χ1) is 28.2. The minimum absolute atomic E-state index is 0.0416. The van der Waals surface area contributed by atoms with Gasteiger partial charge < -0.3 is 15.5 Å². The van der Waals surface area contributed by atoms with E-state index in [1.54, 1.807) is 0 Å². The fourth-order valence-electron chi connectivity index (χ4n) is 8.22. The molecule has 0 rings (SSSR count). The molecule has 0 fully saturated rings. The Hall–Kier alpha value is -1.13. The molecule has 0 aromatic carbocycles. The summed E-state index contributed by atoms with van der Waals surface area (Å²) in [5.74, 6) is -0.0416. The molecule has 0 aliphatic heterocycles. The van der Waals surface area contributed by atoms with E-state index in [1.165, 1.54) is 218 Å². The van der Waals surface area contributed by atoms with Crippen molar-refractivity contribution in [2.45, 2.75) is 302 Å². The zero-order chi connectivity index (χ0) is 41.4. The van der Waals surface area contributed by atoms with Crippen molar-refractivity contribution in [3.8, 4) is 0 Å². The zero-order valence-corrected chi connectivity index (χ0v) is 38.9. The molecule has 0 saturated carbocycles. The van der Waals surface area contributed by atoms with Gasteiger partial charge in [0.25, 0.3) is 0 Å². The standard InChI is InChI=1S/C53H103NO3/c1-3-5-7-9-11-13-15-17-19-21-22-23-24-25-26-27-28-29-30-31-32-33-34-36-38-40-42-44-46-48-52(56)51(50-55)54-53(57)49-47-45-43-41-39-37-35-20-18-16-14-12-10-8-6-4-2/h14,16,20,35,51-52,55-56H,3-13,15,17-19,21-34,36-50H2,1-2H3,(H,54,57)/b16-14-,35-20-. The average Bonchev–Trinajstić information content (AvgIpc) is 3.22. The maximum atomic E-state index is 12.4. The smallest absolute Gasteiger partial charge is 0.220 e. The molecule has 0 radical (unpaired) electrons. The third-order valence-electron chi connectivity index (χ3n) is 12.2. The van der Waals surface area contributed by atoms with Gasteiger partial charge in [0.1, 0.15) is 0 Å². The summed E-state index contributed by atoms with van der Waals surface area (Å²) in [4.78, 5) is 12.4. The van der Waals surface area contributed by atoms with Crippen molar-refractivity contribution < 1.29 is 15.0 Å². The van der Waals surface area contributed by atoms with Crippen molar-refractivity contribution in [3.63, 3.8) is 0 Å². The van der Waals surface area contributed by atoms with E-state index in [9.17, 15) is 15.0 Å². The minimum Gasteiger partial charge on any atom is -0.394 e. The number of allylic oxidation sites excluding steroid dienone is 4. The number of hydrogen-bond donors (Lipinski definition) is 3. The van der Waals surface area contributed by atoms with E-state index in [0.717, 1.165) is 44.9 Å². The molecule has 0 aliphatic rings. The summed E-state index contributed by atoms with van der Waals surface area (Å²) >= 11 is 0. The zero-order valence-electron chi connectivity index (χ0n) is 38.9. The maximum absolute atomic E-state index is 12.4. The van der Waals surface area contributed by atoms with Crippen LogP contribution in [0.1, 0.15) is 290 Å². The summed E-state index contributed by atoms with van der Waals surface area (Å²) < 4.78 is 0. The quantitative estimate of drug-likeness (QED) is 0.0424. The van der Waals surface area contributed by atoms with Crippen LogP contribution >= 0.6 is 0 Å². The fourth-order valence-corrected chi connectivity index (χ4v) is 8.22. The lowest BCUT2D eigenvalue weighted by Crippen LogP contribution is -2.45. The van der Waals surface area contributed by atoms with Gasteiger partial charge in [-0.25, -0.2) is 0 Å². The molecular formula is C53H103NO3. The molecule has 0 aliphatic carbocycles. The number of nitrogens with one attached hydrogen (secondary N) is 1. The van der Waals surface area contributed by atoms with Gasteiger partial charge in [-0.05, 0) is 44.9 Å². The number of hydrogen-bond acceptors (Lipinski definition) is 3. The molecule has 3 N–H and O–H groups in total. The number of amides is 1. The number of unbranched alkanes of at least 4 members (excludes halogenated alkanes) is 37. The van der Waals surface area contributed by atoms with Crippen LogP contribution in [0.25, 0.3) is 0 Å². The Kier molecular flexibility index (Phi) is 48.3. The fraction of sp³-hybridized carbons (Fsp3) is 0.906. The predicted octanol–water partition coefficient (Wildman–Crippen LogP) is 16.8. The molecular weight excluding hydrogens is 699 g/mol. The van der Waals surface area contributed by atoms with Crippen LogP contribution in [-0.4, -0.2) is 34.9 Å². The average molecular weight is 802 g/mol. The third-order valence-corrected chi connectivity index (χ3v) is 12.2. The van der Waals surface area contributed by atoms with Gasteiger partial charge in [0.2, 0.25) is 5.91 Å². The number of aliphatic hydroxyl groups excluding tert-OH is 2. The summed E-state index contributed by atoms with van der Waals surface area (Å²) in [6, 6.07) is -0.543. The highest BCUT2D eigenvalue weighted by Gasteiger charge is 2.20. The number of carbonyl (C=O) groups excluding carboxylic acids is 1. The second-order valence-corrected chi connectivity index (χ2v) is 17.9. The van der Waals surface area contributed by atoms with Gasteiger partial charge in [0, 0.05) is 6.42 Å². The first-order valence-corrected chi connectivity index (χ1v) is 26.0. The van der Waals surface area contributed by atoms with Crippen molar-refractivity contribution in [1.82, 2.24) is 5.32 Å². The lowest BCUT2D eigenvalue weighted by molar-refractivity contribution is -0.123. The van der Waals surface area contributed by atoms with Gasteiger partial charge in [-0.2, -0.15) is 0 Å². The van der Waals surface area contributed by atoms with E-state index in [0.29, 0.717) is 12.8 Å². The SMILES string of the molecule is CCCCCC/C=C\C/C=C\CCCCCCCC(=O)NC(CO)C(O)CCCCCCCCCCCCCCCCCCCCCCCCCCCCCCC. The van der Waals surface area contributed by atoms with Crippen LogP contribution < -0.4 is 5.32 Å². The summed E-state index contributed by atoms with van der Waals surface area (Å²) in [5.41, 5.74) is 0. The minimum atomic E-state index is -0.665. The normalized spacial score (nSPS) is 13.0. The third kappa shape index (κ3) is 45.8. The Morgan fingerprint density at radius 1 is 0.421 bits per heavy atom. The molecule has 2 atom stereocenters. The van der Waals surface area contributed by atoms with Gasteiger partial charge in [-0.15, -0.1) is 0 Å². The second-order valence-electron chi connectivity index (χ2n) is 17.9. The van der Waals surface area contributed by atoms with Crippen LogP contribution in [-0.2, 0) is 4.79 Å². The molecule has 0 aromatic rings. The molecule has 338 valence electrons. The molecule has 4 heteroatoms. The van der Waals surface area contributed by atoms with Crippen LogP contribution in [0.4, 0.5) is 0 Å². The Balaban J connectivity index is 3.43. The molecule has 0 bridgehead atoms. The Labute approximate surface area is 358 Å². The molecule has 0 saturated heterocycles. The lowest BCUT2D eigenvalue weighted by Gasteiger charge is -2.22. The largest absolute Gasteiger partial charge is 0.394 e. The van der Waals surface area contributed by atoms with Gasteiger partial charge in [0.05, 0.1) is 18.8 Å². The van der Waals surface area contributed by atoms with Crippen LogP contribution in [0.2, 0.25) is 0 Å². The van der Waals surface area contributed by atoms with E-state index in [1.807, 2.05) is 0 Å². The summed E-state index contributed by atoms with van der Waals surface area (Å²) in [6.45, 7) is 4.36. The van der Waals surface area contributed by atoms with E-state index in [2.05, 4.69) is 43.5 Å². The van der Waals surface area contributed by atoms with Crippen LogP contribution in [0, 0.1) is 0 Å². The molecule has 0 aromatic heterocycles. The molecule has 2 unspecified atom stereocenters. The van der Waals surface area contributed by atoms with Crippen LogP contribution in [0.3, 0.4) is 0 Å². The van der Waals surface area contributed by atoms with Crippen molar-refractivity contribution >= 4 is 5.91 Å². The van der Waals surface area contributed by atoms with Gasteiger partial charge in [-0.1, -0.05) is 263 Å². The topological polar surface area (TPSA) is 69.6 Å². The molecule has 0 spiro atoms. The molecule has 57 heavy (non-hydrogen) atoms. The number of carbonyl (C=O) groups is 1. The van der Waals surface area contributed by atoms with Crippen molar-refractivity contribution in [1.29, 1.82) is 0 Å².